The average Bonchev–Trinajstić information content (AvgIpc) is 3.56. The lowest BCUT2D eigenvalue weighted by molar-refractivity contribution is 0.0996. The van der Waals surface area contributed by atoms with Gasteiger partial charge in [-0.25, -0.2) is 8.42 Å². The standard InChI is InChI=1S/C27H30N6O4S/c1-6-31-14-12-23(29-31)26(34)28-21-8-10-22(11-9-21)38(36,37)33(25-19(4)16-18(3)17-20(25)5)27(35)24-13-15-32(7-2)30-24/h8-17H,6-7H2,1-5H3,(H,28,34). The number of nitrogens with one attached hydrogen (secondary N) is 1. The molecule has 0 unspecified atom stereocenters. The SMILES string of the molecule is CCn1ccc(C(=O)Nc2ccc(S(=O)(=O)N(C(=O)c3ccn(CC)n3)c3c(C)cc(C)cc3C)cc2)n1. The Balaban J connectivity index is 1.71. The number of sulfonamides is 1. The smallest absolute Gasteiger partial charge is 0.292 e. The molecule has 4 aromatic rings. The summed E-state index contributed by atoms with van der Waals surface area (Å²) in [5.41, 5.74) is 3.18. The van der Waals surface area contributed by atoms with E-state index in [1.165, 1.54) is 30.3 Å². The summed E-state index contributed by atoms with van der Waals surface area (Å²) in [5, 5.41) is 11.1. The van der Waals surface area contributed by atoms with Crippen LogP contribution >= 0.6 is 0 Å². The van der Waals surface area contributed by atoms with E-state index in [2.05, 4.69) is 15.5 Å². The van der Waals surface area contributed by atoms with Crippen LogP contribution in [0, 0.1) is 20.8 Å². The van der Waals surface area contributed by atoms with Gasteiger partial charge < -0.3 is 5.32 Å². The minimum Gasteiger partial charge on any atom is -0.321 e. The summed E-state index contributed by atoms with van der Waals surface area (Å²) in [7, 11) is -4.35. The number of benzene rings is 2. The summed E-state index contributed by atoms with van der Waals surface area (Å²) < 4.78 is 32.0. The molecule has 0 atom stereocenters. The zero-order chi connectivity index (χ0) is 27.6. The predicted octanol–water partition coefficient (Wildman–Crippen LogP) is 4.33. The molecule has 2 heterocycles. The maximum atomic E-state index is 14.0. The molecule has 4 rings (SSSR count). The van der Waals surface area contributed by atoms with Crippen LogP contribution in [0.15, 0.2) is 65.8 Å². The number of amides is 2. The van der Waals surface area contributed by atoms with E-state index < -0.39 is 21.8 Å². The van der Waals surface area contributed by atoms with Crippen LogP contribution in [0.4, 0.5) is 11.4 Å². The Morgan fingerprint density at radius 3 is 1.89 bits per heavy atom. The number of aromatic nitrogens is 4. The summed E-state index contributed by atoms with van der Waals surface area (Å²) in [6.07, 6.45) is 3.34. The Bertz CT molecular complexity index is 1580. The van der Waals surface area contributed by atoms with E-state index in [9.17, 15) is 18.0 Å². The highest BCUT2D eigenvalue weighted by Gasteiger charge is 2.35. The van der Waals surface area contributed by atoms with Crippen LogP contribution < -0.4 is 9.62 Å². The zero-order valence-corrected chi connectivity index (χ0v) is 22.8. The third-order valence-corrected chi connectivity index (χ3v) is 7.75. The van der Waals surface area contributed by atoms with Crippen LogP contribution in [-0.4, -0.2) is 39.8 Å². The van der Waals surface area contributed by atoms with Gasteiger partial charge in [0, 0.05) is 31.2 Å². The summed E-state index contributed by atoms with van der Waals surface area (Å²) in [5.74, 6) is -1.17. The third-order valence-electron chi connectivity index (χ3n) is 6.05. The van der Waals surface area contributed by atoms with Crippen LogP contribution in [0.25, 0.3) is 0 Å². The maximum Gasteiger partial charge on any atom is 0.292 e. The minimum atomic E-state index is -4.35. The van der Waals surface area contributed by atoms with Crippen molar-refractivity contribution in [1.29, 1.82) is 0 Å². The lowest BCUT2D eigenvalue weighted by Gasteiger charge is -2.25. The van der Waals surface area contributed by atoms with Crippen molar-refractivity contribution < 1.29 is 18.0 Å². The third kappa shape index (κ3) is 5.23. The molecule has 11 heteroatoms. The lowest BCUT2D eigenvalue weighted by atomic mass is 10.0. The lowest BCUT2D eigenvalue weighted by Crippen LogP contribution is -2.38. The molecule has 0 saturated carbocycles. The van der Waals surface area contributed by atoms with E-state index in [4.69, 9.17) is 0 Å². The van der Waals surface area contributed by atoms with Gasteiger partial charge in [0.05, 0.1) is 10.6 Å². The van der Waals surface area contributed by atoms with Gasteiger partial charge in [-0.3, -0.25) is 19.0 Å². The van der Waals surface area contributed by atoms with E-state index in [-0.39, 0.29) is 22.0 Å². The largest absolute Gasteiger partial charge is 0.321 e. The number of hydrogen-bond donors (Lipinski definition) is 1. The van der Waals surface area contributed by atoms with Crippen molar-refractivity contribution in [1.82, 2.24) is 19.6 Å². The highest BCUT2D eigenvalue weighted by Crippen LogP contribution is 2.33. The molecule has 0 saturated heterocycles. The van der Waals surface area contributed by atoms with Crippen LogP contribution in [0.2, 0.25) is 0 Å². The van der Waals surface area contributed by atoms with Crippen LogP contribution in [0.1, 0.15) is 51.5 Å². The number of rotatable bonds is 8. The molecule has 38 heavy (non-hydrogen) atoms. The van der Waals surface area contributed by atoms with E-state index in [0.29, 0.717) is 29.9 Å². The molecule has 10 nitrogen and oxygen atoms in total. The summed E-state index contributed by atoms with van der Waals surface area (Å²) in [6, 6.07) is 12.5. The monoisotopic (exact) mass is 534 g/mol. The first-order valence-corrected chi connectivity index (χ1v) is 13.6. The average molecular weight is 535 g/mol. The molecule has 0 radical (unpaired) electrons. The van der Waals surface area contributed by atoms with E-state index in [0.717, 1.165) is 9.87 Å². The minimum absolute atomic E-state index is 0.0187. The van der Waals surface area contributed by atoms with Gasteiger partial charge in [-0.2, -0.15) is 14.5 Å². The van der Waals surface area contributed by atoms with Gasteiger partial charge in [0.25, 0.3) is 21.8 Å². The number of anilines is 2. The number of carbonyl (C=O) groups excluding carboxylic acids is 2. The first-order chi connectivity index (χ1) is 18.0. The van der Waals surface area contributed by atoms with Gasteiger partial charge in [0.1, 0.15) is 0 Å². The van der Waals surface area contributed by atoms with Gasteiger partial charge in [0.2, 0.25) is 0 Å². The first-order valence-electron chi connectivity index (χ1n) is 12.2. The molecule has 2 amide bonds. The summed E-state index contributed by atoms with van der Waals surface area (Å²) in [4.78, 5) is 26.1. The number of hydrogen-bond acceptors (Lipinski definition) is 6. The van der Waals surface area contributed by atoms with Crippen molar-refractivity contribution in [3.63, 3.8) is 0 Å². The van der Waals surface area contributed by atoms with Gasteiger partial charge in [-0.05, 0) is 82.1 Å². The maximum absolute atomic E-state index is 14.0. The fourth-order valence-electron chi connectivity index (χ4n) is 4.25. The van der Waals surface area contributed by atoms with Crippen LogP contribution in [-0.2, 0) is 23.1 Å². The first kappa shape index (κ1) is 26.8. The number of carbonyl (C=O) groups is 2. The summed E-state index contributed by atoms with van der Waals surface area (Å²) in [6.45, 7) is 10.4. The normalized spacial score (nSPS) is 11.4. The Hall–Kier alpha value is -4.25. The second-order valence-electron chi connectivity index (χ2n) is 8.91. The van der Waals surface area contributed by atoms with Gasteiger partial charge in [0.15, 0.2) is 11.4 Å². The fourth-order valence-corrected chi connectivity index (χ4v) is 5.78. The van der Waals surface area contributed by atoms with Gasteiger partial charge in [-0.1, -0.05) is 17.7 Å². The molecule has 0 bridgehead atoms. The fraction of sp³-hybridized carbons (Fsp3) is 0.259. The number of nitrogens with zero attached hydrogens (tertiary/aromatic N) is 5. The predicted molar refractivity (Wildman–Crippen MR) is 145 cm³/mol. The molecule has 2 aromatic heterocycles. The van der Waals surface area contributed by atoms with Crippen molar-refractivity contribution in [2.24, 2.45) is 0 Å². The second-order valence-corrected chi connectivity index (χ2v) is 10.7. The molecule has 1 N–H and O–H groups in total. The van der Waals surface area contributed by atoms with Crippen molar-refractivity contribution >= 4 is 33.2 Å². The van der Waals surface area contributed by atoms with Crippen molar-refractivity contribution in [2.45, 2.75) is 52.6 Å². The Labute approximate surface area is 221 Å². The molecule has 0 aliphatic carbocycles. The topological polar surface area (TPSA) is 119 Å². The Morgan fingerprint density at radius 2 is 1.37 bits per heavy atom. The Morgan fingerprint density at radius 1 is 0.842 bits per heavy atom. The van der Waals surface area contributed by atoms with Crippen molar-refractivity contribution in [3.05, 3.63) is 89.0 Å². The van der Waals surface area contributed by atoms with Gasteiger partial charge >= 0.3 is 0 Å². The summed E-state index contributed by atoms with van der Waals surface area (Å²) >= 11 is 0. The molecule has 2 aromatic carbocycles. The highest BCUT2D eigenvalue weighted by atomic mass is 32.2. The molecular weight excluding hydrogens is 504 g/mol. The van der Waals surface area contributed by atoms with Crippen molar-refractivity contribution in [3.8, 4) is 0 Å². The molecule has 0 aliphatic rings. The molecule has 0 aliphatic heterocycles. The van der Waals surface area contributed by atoms with E-state index in [1.807, 2.05) is 32.9 Å². The van der Waals surface area contributed by atoms with Crippen LogP contribution in [0.5, 0.6) is 0 Å². The van der Waals surface area contributed by atoms with Crippen molar-refractivity contribution in [2.75, 3.05) is 9.62 Å². The molecule has 0 spiro atoms. The highest BCUT2D eigenvalue weighted by molar-refractivity contribution is 7.93. The molecule has 198 valence electrons. The zero-order valence-electron chi connectivity index (χ0n) is 22.0. The Kier molecular flexibility index (Phi) is 7.49. The van der Waals surface area contributed by atoms with Gasteiger partial charge in [-0.15, -0.1) is 0 Å². The second kappa shape index (κ2) is 10.6. The quantitative estimate of drug-likeness (QED) is 0.359. The van der Waals surface area contributed by atoms with E-state index >= 15 is 0 Å². The molecule has 0 fully saturated rings. The van der Waals surface area contributed by atoms with Crippen LogP contribution in [0.3, 0.4) is 0 Å². The molecular formula is C27H30N6O4S. The van der Waals surface area contributed by atoms with E-state index in [1.54, 1.807) is 41.7 Å². The number of aryl methyl sites for hydroxylation is 5.